The largest absolute Gasteiger partial charge is 0.456 e. The number of benzene rings is 2. The third-order valence-electron chi connectivity index (χ3n) is 2.32. The van der Waals surface area contributed by atoms with Gasteiger partial charge in [-0.1, -0.05) is 6.07 Å². The van der Waals surface area contributed by atoms with Gasteiger partial charge in [-0.3, -0.25) is 10.1 Å². The maximum atomic E-state index is 10.7. The molecule has 2 aromatic rings. The number of halogens is 1. The van der Waals surface area contributed by atoms with E-state index in [0.717, 1.165) is 0 Å². The third-order valence-corrected chi connectivity index (χ3v) is 2.97. The number of nitro benzene ring substituents is 1. The first-order valence-corrected chi connectivity index (χ1v) is 6.01. The Hall–Kier alpha value is -2.39. The zero-order chi connectivity index (χ0) is 13.8. The van der Waals surface area contributed by atoms with Gasteiger partial charge in [0, 0.05) is 6.07 Å². The first-order chi connectivity index (χ1) is 9.10. The lowest BCUT2D eigenvalue weighted by Gasteiger charge is -2.07. The molecular weight excluding hydrogens is 312 g/mol. The van der Waals surface area contributed by atoms with Gasteiger partial charge < -0.3 is 4.74 Å². The van der Waals surface area contributed by atoms with Crippen LogP contribution in [0.5, 0.6) is 11.5 Å². The molecule has 0 fully saturated rings. The summed E-state index contributed by atoms with van der Waals surface area (Å²) >= 11 is 3.26. The van der Waals surface area contributed by atoms with E-state index >= 15 is 0 Å². The van der Waals surface area contributed by atoms with Crippen molar-refractivity contribution in [1.29, 1.82) is 5.26 Å². The van der Waals surface area contributed by atoms with Crippen molar-refractivity contribution in [3.63, 3.8) is 0 Å². The molecule has 6 heteroatoms. The second kappa shape index (κ2) is 5.50. The lowest BCUT2D eigenvalue weighted by Crippen LogP contribution is -1.91. The molecule has 19 heavy (non-hydrogen) atoms. The molecule has 0 saturated heterocycles. The van der Waals surface area contributed by atoms with E-state index in [1.807, 2.05) is 6.07 Å². The monoisotopic (exact) mass is 318 g/mol. The number of hydrogen-bond acceptors (Lipinski definition) is 4. The average Bonchev–Trinajstić information content (AvgIpc) is 2.41. The standard InChI is InChI=1S/C13H7BrN2O3/c14-12-5-4-10(16(17)18)7-13(12)19-11-3-1-2-9(6-11)8-15/h1-7H. The van der Waals surface area contributed by atoms with Crippen molar-refractivity contribution in [1.82, 2.24) is 0 Å². The molecule has 0 aliphatic carbocycles. The van der Waals surface area contributed by atoms with Crippen molar-refractivity contribution < 1.29 is 9.66 Å². The Kier molecular flexibility index (Phi) is 3.78. The Balaban J connectivity index is 2.34. The summed E-state index contributed by atoms with van der Waals surface area (Å²) in [5, 5.41) is 19.5. The van der Waals surface area contributed by atoms with E-state index in [1.165, 1.54) is 12.1 Å². The minimum Gasteiger partial charge on any atom is -0.456 e. The lowest BCUT2D eigenvalue weighted by atomic mass is 10.2. The molecule has 0 unspecified atom stereocenters. The quantitative estimate of drug-likeness (QED) is 0.632. The first kappa shape index (κ1) is 13.1. The van der Waals surface area contributed by atoms with Crippen LogP contribution in [-0.2, 0) is 0 Å². The third kappa shape index (κ3) is 3.09. The van der Waals surface area contributed by atoms with E-state index in [-0.39, 0.29) is 5.69 Å². The number of nitrogens with zero attached hydrogens (tertiary/aromatic N) is 2. The van der Waals surface area contributed by atoms with Gasteiger partial charge in [0.2, 0.25) is 0 Å². The van der Waals surface area contributed by atoms with Crippen LogP contribution in [0.2, 0.25) is 0 Å². The van der Waals surface area contributed by atoms with Gasteiger partial charge >= 0.3 is 0 Å². The minimum atomic E-state index is -0.495. The Labute approximate surface area is 117 Å². The molecule has 0 heterocycles. The SMILES string of the molecule is N#Cc1cccc(Oc2cc([N+](=O)[O-])ccc2Br)c1. The molecule has 0 spiro atoms. The molecule has 0 N–H and O–H groups in total. The van der Waals surface area contributed by atoms with Gasteiger partial charge in [-0.05, 0) is 40.2 Å². The first-order valence-electron chi connectivity index (χ1n) is 5.22. The molecule has 0 bridgehead atoms. The van der Waals surface area contributed by atoms with E-state index in [9.17, 15) is 10.1 Å². The molecular formula is C13H7BrN2O3. The second-order valence-electron chi connectivity index (χ2n) is 3.61. The van der Waals surface area contributed by atoms with E-state index in [2.05, 4.69) is 15.9 Å². The van der Waals surface area contributed by atoms with Crippen LogP contribution in [0.1, 0.15) is 5.56 Å². The number of rotatable bonds is 3. The van der Waals surface area contributed by atoms with Crippen molar-refractivity contribution in [3.05, 3.63) is 62.6 Å². The summed E-state index contributed by atoms with van der Waals surface area (Å²) in [5.74, 6) is 0.768. The molecule has 2 rings (SSSR count). The molecule has 5 nitrogen and oxygen atoms in total. The number of ether oxygens (including phenoxy) is 1. The highest BCUT2D eigenvalue weighted by molar-refractivity contribution is 9.10. The summed E-state index contributed by atoms with van der Waals surface area (Å²) in [6, 6.07) is 12.8. The molecule has 0 radical (unpaired) electrons. The molecule has 0 aliphatic rings. The van der Waals surface area contributed by atoms with Crippen LogP contribution in [0.15, 0.2) is 46.9 Å². The molecule has 0 amide bonds. The normalized spacial score (nSPS) is 9.68. The summed E-state index contributed by atoms with van der Waals surface area (Å²) in [6.45, 7) is 0. The van der Waals surface area contributed by atoms with Gasteiger partial charge in [-0.25, -0.2) is 0 Å². The number of hydrogen-bond donors (Lipinski definition) is 0. The maximum absolute atomic E-state index is 10.7. The predicted molar refractivity (Wildman–Crippen MR) is 72.0 cm³/mol. The molecule has 94 valence electrons. The second-order valence-corrected chi connectivity index (χ2v) is 4.47. The van der Waals surface area contributed by atoms with Gasteiger partial charge in [-0.2, -0.15) is 5.26 Å². The van der Waals surface area contributed by atoms with Crippen molar-refractivity contribution in [2.24, 2.45) is 0 Å². The van der Waals surface area contributed by atoms with Gasteiger partial charge in [0.15, 0.2) is 0 Å². The zero-order valence-corrected chi connectivity index (χ0v) is 11.1. The van der Waals surface area contributed by atoms with Crippen LogP contribution >= 0.6 is 15.9 Å². The summed E-state index contributed by atoms with van der Waals surface area (Å²) in [4.78, 5) is 10.2. The maximum Gasteiger partial charge on any atom is 0.273 e. The highest BCUT2D eigenvalue weighted by Crippen LogP contribution is 2.33. The average molecular weight is 319 g/mol. The summed E-state index contributed by atoms with van der Waals surface area (Å²) in [5.41, 5.74) is 0.397. The minimum absolute atomic E-state index is 0.0605. The summed E-state index contributed by atoms with van der Waals surface area (Å²) < 4.78 is 6.14. The highest BCUT2D eigenvalue weighted by atomic mass is 79.9. The zero-order valence-electron chi connectivity index (χ0n) is 9.54. The van der Waals surface area contributed by atoms with Gasteiger partial charge in [0.05, 0.1) is 27.1 Å². The molecule has 0 saturated carbocycles. The fourth-order valence-electron chi connectivity index (χ4n) is 1.44. The molecule has 2 aromatic carbocycles. The number of non-ortho nitro benzene ring substituents is 1. The van der Waals surface area contributed by atoms with Gasteiger partial charge in [0.1, 0.15) is 11.5 Å². The van der Waals surface area contributed by atoms with Crippen molar-refractivity contribution in [3.8, 4) is 17.6 Å². The topological polar surface area (TPSA) is 76.2 Å². The van der Waals surface area contributed by atoms with E-state index in [1.54, 1.807) is 30.3 Å². The number of nitriles is 1. The van der Waals surface area contributed by atoms with Crippen molar-refractivity contribution >= 4 is 21.6 Å². The Morgan fingerprint density at radius 3 is 2.74 bits per heavy atom. The summed E-state index contributed by atoms with van der Waals surface area (Å²) in [7, 11) is 0. The van der Waals surface area contributed by atoms with Crippen LogP contribution in [0.3, 0.4) is 0 Å². The summed E-state index contributed by atoms with van der Waals surface area (Å²) in [6.07, 6.45) is 0. The molecule has 0 aliphatic heterocycles. The smallest absolute Gasteiger partial charge is 0.273 e. The van der Waals surface area contributed by atoms with Crippen LogP contribution in [0, 0.1) is 21.4 Å². The predicted octanol–water partition coefficient (Wildman–Crippen LogP) is 4.02. The van der Waals surface area contributed by atoms with E-state index in [4.69, 9.17) is 10.00 Å². The molecule has 0 atom stereocenters. The highest BCUT2D eigenvalue weighted by Gasteiger charge is 2.11. The van der Waals surface area contributed by atoms with Crippen LogP contribution in [0.25, 0.3) is 0 Å². The lowest BCUT2D eigenvalue weighted by molar-refractivity contribution is -0.384. The van der Waals surface area contributed by atoms with E-state index in [0.29, 0.717) is 21.5 Å². The van der Waals surface area contributed by atoms with Gasteiger partial charge in [-0.15, -0.1) is 0 Å². The van der Waals surface area contributed by atoms with Crippen molar-refractivity contribution in [2.75, 3.05) is 0 Å². The fourth-order valence-corrected chi connectivity index (χ4v) is 1.77. The fraction of sp³-hybridized carbons (Fsp3) is 0. The van der Waals surface area contributed by atoms with Crippen LogP contribution in [0.4, 0.5) is 5.69 Å². The Morgan fingerprint density at radius 2 is 2.05 bits per heavy atom. The Morgan fingerprint density at radius 1 is 1.26 bits per heavy atom. The molecule has 0 aromatic heterocycles. The van der Waals surface area contributed by atoms with Crippen molar-refractivity contribution in [2.45, 2.75) is 0 Å². The van der Waals surface area contributed by atoms with Crippen LogP contribution in [-0.4, -0.2) is 4.92 Å². The van der Waals surface area contributed by atoms with E-state index < -0.39 is 4.92 Å². The van der Waals surface area contributed by atoms with Crippen LogP contribution < -0.4 is 4.74 Å². The number of nitro groups is 1. The Bertz CT molecular complexity index is 680. The van der Waals surface area contributed by atoms with Gasteiger partial charge in [0.25, 0.3) is 5.69 Å².